The van der Waals surface area contributed by atoms with Crippen LogP contribution in [-0.4, -0.2) is 25.2 Å². The van der Waals surface area contributed by atoms with Crippen LogP contribution in [0.4, 0.5) is 4.79 Å². The van der Waals surface area contributed by atoms with E-state index in [2.05, 4.69) is 10.6 Å². The van der Waals surface area contributed by atoms with Crippen molar-refractivity contribution in [2.24, 2.45) is 0 Å². The number of rotatable bonds is 4. The van der Waals surface area contributed by atoms with E-state index in [-0.39, 0.29) is 12.1 Å². The number of amides is 2. The summed E-state index contributed by atoms with van der Waals surface area (Å²) in [6.45, 7) is 3.35. The topological polar surface area (TPSA) is 50.4 Å². The quantitative estimate of drug-likeness (QED) is 0.803. The van der Waals surface area contributed by atoms with E-state index >= 15 is 0 Å². The number of carbonyl (C=O) groups is 1. The number of nitrogens with one attached hydrogen (secondary N) is 2. The summed E-state index contributed by atoms with van der Waals surface area (Å²) in [5, 5.41) is 5.61. The standard InChI is InChI=1S/C12H16N2O2/c1-2-16-11-5-3-9(4-6-11)7-10-8-13-12(15)14-10/h3-6,10H,2,7-8H2,1H3,(H2,13,14,15). The van der Waals surface area contributed by atoms with E-state index < -0.39 is 0 Å². The lowest BCUT2D eigenvalue weighted by atomic mass is 10.1. The van der Waals surface area contributed by atoms with Gasteiger partial charge in [-0.05, 0) is 31.0 Å². The van der Waals surface area contributed by atoms with Crippen molar-refractivity contribution in [3.8, 4) is 5.75 Å². The van der Waals surface area contributed by atoms with Crippen LogP contribution < -0.4 is 15.4 Å². The fourth-order valence-corrected chi connectivity index (χ4v) is 1.80. The molecule has 86 valence electrons. The Kier molecular flexibility index (Phi) is 3.29. The maximum absolute atomic E-state index is 10.9. The second-order valence-corrected chi connectivity index (χ2v) is 3.83. The molecule has 2 rings (SSSR count). The highest BCUT2D eigenvalue weighted by molar-refractivity contribution is 5.76. The van der Waals surface area contributed by atoms with Crippen LogP contribution in [0.25, 0.3) is 0 Å². The molecule has 0 radical (unpaired) electrons. The summed E-state index contributed by atoms with van der Waals surface area (Å²) in [7, 11) is 0. The first kappa shape index (κ1) is 10.8. The highest BCUT2D eigenvalue weighted by atomic mass is 16.5. The summed E-state index contributed by atoms with van der Waals surface area (Å²) in [4.78, 5) is 10.9. The van der Waals surface area contributed by atoms with Gasteiger partial charge in [-0.1, -0.05) is 12.1 Å². The van der Waals surface area contributed by atoms with Crippen LogP contribution in [0, 0.1) is 0 Å². The zero-order valence-electron chi connectivity index (χ0n) is 9.32. The Labute approximate surface area is 95.0 Å². The van der Waals surface area contributed by atoms with Crippen molar-refractivity contribution in [1.82, 2.24) is 10.6 Å². The van der Waals surface area contributed by atoms with E-state index in [4.69, 9.17) is 4.74 Å². The van der Waals surface area contributed by atoms with Crippen molar-refractivity contribution in [1.29, 1.82) is 0 Å². The normalized spacial score (nSPS) is 19.1. The zero-order chi connectivity index (χ0) is 11.4. The Bertz CT molecular complexity index is 362. The number of hydrogen-bond acceptors (Lipinski definition) is 2. The van der Waals surface area contributed by atoms with Crippen molar-refractivity contribution >= 4 is 6.03 Å². The second-order valence-electron chi connectivity index (χ2n) is 3.83. The van der Waals surface area contributed by atoms with Crippen LogP contribution in [0.15, 0.2) is 24.3 Å². The van der Waals surface area contributed by atoms with Crippen LogP contribution in [0.3, 0.4) is 0 Å². The summed E-state index contributed by atoms with van der Waals surface area (Å²) in [6, 6.07) is 8.12. The maximum atomic E-state index is 10.9. The van der Waals surface area contributed by atoms with Crippen molar-refractivity contribution in [2.45, 2.75) is 19.4 Å². The van der Waals surface area contributed by atoms with E-state index in [1.54, 1.807) is 0 Å². The van der Waals surface area contributed by atoms with Gasteiger partial charge in [0.1, 0.15) is 5.75 Å². The van der Waals surface area contributed by atoms with Crippen molar-refractivity contribution in [2.75, 3.05) is 13.2 Å². The number of hydrogen-bond donors (Lipinski definition) is 2. The minimum atomic E-state index is -0.0732. The van der Waals surface area contributed by atoms with Gasteiger partial charge in [0.15, 0.2) is 0 Å². The third-order valence-electron chi connectivity index (χ3n) is 2.56. The third-order valence-corrected chi connectivity index (χ3v) is 2.56. The van der Waals surface area contributed by atoms with Crippen LogP contribution in [0.1, 0.15) is 12.5 Å². The molecule has 4 nitrogen and oxygen atoms in total. The maximum Gasteiger partial charge on any atom is 0.315 e. The van der Waals surface area contributed by atoms with E-state index in [1.807, 2.05) is 31.2 Å². The Morgan fingerprint density at radius 3 is 2.69 bits per heavy atom. The molecule has 1 atom stereocenters. The molecule has 0 aliphatic carbocycles. The molecule has 0 bridgehead atoms. The SMILES string of the molecule is CCOc1ccc(CC2CNC(=O)N2)cc1. The van der Waals surface area contributed by atoms with E-state index in [0.29, 0.717) is 13.2 Å². The molecule has 1 fully saturated rings. The number of benzene rings is 1. The van der Waals surface area contributed by atoms with Gasteiger partial charge in [0.2, 0.25) is 0 Å². The molecule has 1 unspecified atom stereocenters. The summed E-state index contributed by atoms with van der Waals surface area (Å²) in [5.74, 6) is 0.889. The average molecular weight is 220 g/mol. The van der Waals surface area contributed by atoms with Crippen LogP contribution in [0.2, 0.25) is 0 Å². The third kappa shape index (κ3) is 2.66. The summed E-state index contributed by atoms with van der Waals surface area (Å²) in [5.41, 5.74) is 1.21. The van der Waals surface area contributed by atoms with Gasteiger partial charge in [-0.15, -0.1) is 0 Å². The van der Waals surface area contributed by atoms with E-state index in [0.717, 1.165) is 12.2 Å². The average Bonchev–Trinajstić information content (AvgIpc) is 2.67. The molecule has 2 amide bonds. The molecule has 16 heavy (non-hydrogen) atoms. The Hall–Kier alpha value is -1.71. The smallest absolute Gasteiger partial charge is 0.315 e. The summed E-state index contributed by atoms with van der Waals surface area (Å²) in [6.07, 6.45) is 0.852. The predicted octanol–water partition coefficient (Wildman–Crippen LogP) is 1.31. The Balaban J connectivity index is 1.92. The summed E-state index contributed by atoms with van der Waals surface area (Å²) < 4.78 is 5.37. The number of carbonyl (C=O) groups excluding carboxylic acids is 1. The lowest BCUT2D eigenvalue weighted by Gasteiger charge is -2.09. The molecule has 1 aromatic rings. The molecular formula is C12H16N2O2. The van der Waals surface area contributed by atoms with Gasteiger partial charge >= 0.3 is 6.03 Å². The van der Waals surface area contributed by atoms with Gasteiger partial charge in [0, 0.05) is 6.54 Å². The predicted molar refractivity (Wildman–Crippen MR) is 61.6 cm³/mol. The fourth-order valence-electron chi connectivity index (χ4n) is 1.80. The van der Waals surface area contributed by atoms with Crippen LogP contribution >= 0.6 is 0 Å². The highest BCUT2D eigenvalue weighted by Crippen LogP contribution is 2.13. The Morgan fingerprint density at radius 2 is 2.12 bits per heavy atom. The monoisotopic (exact) mass is 220 g/mol. The van der Waals surface area contributed by atoms with Gasteiger partial charge in [0.05, 0.1) is 12.6 Å². The molecule has 1 aliphatic rings. The van der Waals surface area contributed by atoms with E-state index in [1.165, 1.54) is 5.56 Å². The van der Waals surface area contributed by atoms with Gasteiger partial charge < -0.3 is 15.4 Å². The van der Waals surface area contributed by atoms with Gasteiger partial charge in [-0.25, -0.2) is 4.79 Å². The number of urea groups is 1. The first-order chi connectivity index (χ1) is 7.78. The minimum Gasteiger partial charge on any atom is -0.494 e. The molecule has 2 N–H and O–H groups in total. The largest absolute Gasteiger partial charge is 0.494 e. The molecule has 1 aromatic carbocycles. The van der Waals surface area contributed by atoms with Crippen LogP contribution in [0.5, 0.6) is 5.75 Å². The minimum absolute atomic E-state index is 0.0732. The molecule has 1 aliphatic heterocycles. The molecule has 1 saturated heterocycles. The molecule has 0 saturated carbocycles. The van der Waals surface area contributed by atoms with Gasteiger partial charge in [-0.3, -0.25) is 0 Å². The molecule has 0 spiro atoms. The molecular weight excluding hydrogens is 204 g/mol. The first-order valence-electron chi connectivity index (χ1n) is 5.54. The first-order valence-corrected chi connectivity index (χ1v) is 5.54. The van der Waals surface area contributed by atoms with Crippen molar-refractivity contribution in [3.63, 3.8) is 0 Å². The fraction of sp³-hybridized carbons (Fsp3) is 0.417. The Morgan fingerprint density at radius 1 is 1.38 bits per heavy atom. The lowest BCUT2D eigenvalue weighted by Crippen LogP contribution is -2.28. The van der Waals surface area contributed by atoms with Crippen LogP contribution in [-0.2, 0) is 6.42 Å². The van der Waals surface area contributed by atoms with Crippen molar-refractivity contribution < 1.29 is 9.53 Å². The molecule has 4 heteroatoms. The zero-order valence-corrected chi connectivity index (χ0v) is 9.32. The van der Waals surface area contributed by atoms with E-state index in [9.17, 15) is 4.79 Å². The van der Waals surface area contributed by atoms with Gasteiger partial charge in [-0.2, -0.15) is 0 Å². The molecule has 1 heterocycles. The lowest BCUT2D eigenvalue weighted by molar-refractivity contribution is 0.247. The van der Waals surface area contributed by atoms with Crippen molar-refractivity contribution in [3.05, 3.63) is 29.8 Å². The second kappa shape index (κ2) is 4.88. The number of ether oxygens (including phenoxy) is 1. The van der Waals surface area contributed by atoms with Gasteiger partial charge in [0.25, 0.3) is 0 Å². The highest BCUT2D eigenvalue weighted by Gasteiger charge is 2.19. The summed E-state index contributed by atoms with van der Waals surface area (Å²) >= 11 is 0. The molecule has 0 aromatic heterocycles.